The van der Waals surface area contributed by atoms with Crippen LogP contribution in [0.1, 0.15) is 26.3 Å². The average molecular weight is 270 g/mol. The molecule has 1 unspecified atom stereocenters. The summed E-state index contributed by atoms with van der Waals surface area (Å²) in [6.45, 7) is 3.75. The van der Waals surface area contributed by atoms with Gasteiger partial charge in [-0.15, -0.1) is 0 Å². The third kappa shape index (κ3) is 2.20. The number of carbonyl (C=O) groups excluding carboxylic acids is 1. The van der Waals surface area contributed by atoms with Gasteiger partial charge in [0.2, 0.25) is 0 Å². The number of Topliss-reactive ketones (excluding diaryl/α,β-unsaturated/α-hetero) is 1. The Kier molecular flexibility index (Phi) is 3.45. The van der Waals surface area contributed by atoms with Crippen LogP contribution >= 0.6 is 23.2 Å². The highest BCUT2D eigenvalue weighted by atomic mass is 35.5. The second-order valence-electron chi connectivity index (χ2n) is 4.04. The molecule has 4 heteroatoms. The molecular formula is C13H13Cl2NO. The molecule has 2 aromatic rings. The Hall–Kier alpha value is -0.990. The normalized spacial score (nSPS) is 12.9. The summed E-state index contributed by atoms with van der Waals surface area (Å²) >= 11 is 12.1. The number of nitrogens with zero attached hydrogens (tertiary/aromatic N) is 1. The number of ketones is 1. The molecule has 0 aliphatic rings. The van der Waals surface area contributed by atoms with Crippen LogP contribution in [0.3, 0.4) is 0 Å². The molecule has 0 aliphatic carbocycles. The third-order valence-corrected chi connectivity index (χ3v) is 3.52. The van der Waals surface area contributed by atoms with E-state index in [1.807, 2.05) is 36.7 Å². The molecule has 0 fully saturated rings. The molecule has 2 rings (SSSR count). The minimum absolute atomic E-state index is 0.188. The molecule has 0 radical (unpaired) electrons. The molecule has 0 spiro atoms. The minimum Gasteiger partial charge on any atom is -0.337 e. The van der Waals surface area contributed by atoms with Crippen molar-refractivity contribution in [2.75, 3.05) is 0 Å². The van der Waals surface area contributed by atoms with E-state index in [9.17, 15) is 4.79 Å². The number of benzene rings is 1. The SMILES string of the molecule is CCC(=O)C(C)n1ccc2c(Cl)cc(Cl)cc21. The maximum absolute atomic E-state index is 11.7. The van der Waals surface area contributed by atoms with E-state index in [2.05, 4.69) is 0 Å². The first-order chi connectivity index (χ1) is 8.04. The van der Waals surface area contributed by atoms with E-state index in [0.717, 1.165) is 10.9 Å². The molecule has 0 saturated heterocycles. The molecular weight excluding hydrogens is 257 g/mol. The smallest absolute Gasteiger partial charge is 0.155 e. The van der Waals surface area contributed by atoms with Crippen LogP contribution in [-0.4, -0.2) is 10.4 Å². The molecule has 1 aromatic carbocycles. The van der Waals surface area contributed by atoms with Crippen molar-refractivity contribution >= 4 is 39.9 Å². The van der Waals surface area contributed by atoms with E-state index >= 15 is 0 Å². The molecule has 0 aliphatic heterocycles. The van der Waals surface area contributed by atoms with Crippen LogP contribution in [0.2, 0.25) is 10.0 Å². The van der Waals surface area contributed by atoms with E-state index in [4.69, 9.17) is 23.2 Å². The van der Waals surface area contributed by atoms with E-state index in [1.165, 1.54) is 0 Å². The maximum atomic E-state index is 11.7. The summed E-state index contributed by atoms with van der Waals surface area (Å²) in [7, 11) is 0. The van der Waals surface area contributed by atoms with Crippen molar-refractivity contribution < 1.29 is 4.79 Å². The lowest BCUT2D eigenvalue weighted by molar-refractivity contribution is -0.121. The largest absolute Gasteiger partial charge is 0.337 e. The van der Waals surface area contributed by atoms with E-state index < -0.39 is 0 Å². The molecule has 1 atom stereocenters. The van der Waals surface area contributed by atoms with Crippen molar-refractivity contribution in [1.29, 1.82) is 0 Å². The van der Waals surface area contributed by atoms with Gasteiger partial charge in [0.1, 0.15) is 0 Å². The Labute approximate surface area is 110 Å². The van der Waals surface area contributed by atoms with E-state index in [0.29, 0.717) is 16.5 Å². The number of hydrogen-bond acceptors (Lipinski definition) is 1. The zero-order chi connectivity index (χ0) is 12.6. The summed E-state index contributed by atoms with van der Waals surface area (Å²) < 4.78 is 1.92. The summed E-state index contributed by atoms with van der Waals surface area (Å²) in [6.07, 6.45) is 2.40. The van der Waals surface area contributed by atoms with Crippen LogP contribution in [0.4, 0.5) is 0 Å². The molecule has 1 heterocycles. The fourth-order valence-corrected chi connectivity index (χ4v) is 2.52. The topological polar surface area (TPSA) is 22.0 Å². The summed E-state index contributed by atoms with van der Waals surface area (Å²) in [5.41, 5.74) is 0.900. The summed E-state index contributed by atoms with van der Waals surface area (Å²) in [5.74, 6) is 0.193. The molecule has 17 heavy (non-hydrogen) atoms. The Morgan fingerprint density at radius 1 is 1.41 bits per heavy atom. The lowest BCUT2D eigenvalue weighted by Crippen LogP contribution is -2.14. The Balaban J connectivity index is 2.60. The summed E-state index contributed by atoms with van der Waals surface area (Å²) in [6, 6.07) is 5.27. The molecule has 0 bridgehead atoms. The Bertz CT molecular complexity index is 574. The first kappa shape index (κ1) is 12.5. The van der Waals surface area contributed by atoms with Gasteiger partial charge >= 0.3 is 0 Å². The van der Waals surface area contributed by atoms with Gasteiger partial charge in [-0.1, -0.05) is 30.1 Å². The molecule has 0 N–H and O–H groups in total. The first-order valence-electron chi connectivity index (χ1n) is 5.53. The van der Waals surface area contributed by atoms with Crippen molar-refractivity contribution in [3.8, 4) is 0 Å². The van der Waals surface area contributed by atoms with Crippen molar-refractivity contribution in [1.82, 2.24) is 4.57 Å². The highest BCUT2D eigenvalue weighted by Crippen LogP contribution is 2.30. The molecule has 90 valence electrons. The van der Waals surface area contributed by atoms with Crippen LogP contribution in [0.5, 0.6) is 0 Å². The number of halogens is 2. The van der Waals surface area contributed by atoms with Gasteiger partial charge in [0.05, 0.1) is 16.6 Å². The number of aromatic nitrogens is 1. The Morgan fingerprint density at radius 2 is 2.12 bits per heavy atom. The molecule has 1 aromatic heterocycles. The summed E-state index contributed by atoms with van der Waals surface area (Å²) in [4.78, 5) is 11.7. The highest BCUT2D eigenvalue weighted by molar-refractivity contribution is 6.38. The second kappa shape index (κ2) is 4.71. The highest BCUT2D eigenvalue weighted by Gasteiger charge is 2.15. The minimum atomic E-state index is -0.188. The van der Waals surface area contributed by atoms with Gasteiger partial charge in [0.15, 0.2) is 5.78 Å². The van der Waals surface area contributed by atoms with Gasteiger partial charge in [0, 0.05) is 23.0 Å². The predicted octanol–water partition coefficient (Wildman–Crippen LogP) is 4.49. The molecule has 2 nitrogen and oxygen atoms in total. The fraction of sp³-hybridized carbons (Fsp3) is 0.308. The number of fused-ring (bicyclic) bond motifs is 1. The van der Waals surface area contributed by atoms with Crippen LogP contribution in [0.15, 0.2) is 24.4 Å². The first-order valence-corrected chi connectivity index (χ1v) is 6.28. The third-order valence-electron chi connectivity index (χ3n) is 2.98. The van der Waals surface area contributed by atoms with Crippen molar-refractivity contribution in [3.05, 3.63) is 34.4 Å². The number of hydrogen-bond donors (Lipinski definition) is 0. The van der Waals surface area contributed by atoms with Crippen LogP contribution in [0, 0.1) is 0 Å². The van der Waals surface area contributed by atoms with E-state index in [1.54, 1.807) is 6.07 Å². The van der Waals surface area contributed by atoms with Gasteiger partial charge in [-0.05, 0) is 25.1 Å². The van der Waals surface area contributed by atoms with Crippen LogP contribution < -0.4 is 0 Å². The van der Waals surface area contributed by atoms with Crippen molar-refractivity contribution in [2.45, 2.75) is 26.3 Å². The fourth-order valence-electron chi connectivity index (χ4n) is 1.97. The van der Waals surface area contributed by atoms with Gasteiger partial charge in [0.25, 0.3) is 0 Å². The quantitative estimate of drug-likeness (QED) is 0.805. The number of rotatable bonds is 3. The lowest BCUT2D eigenvalue weighted by Gasteiger charge is -2.13. The number of carbonyl (C=O) groups is 1. The molecule has 0 saturated carbocycles. The van der Waals surface area contributed by atoms with Crippen LogP contribution in [0.25, 0.3) is 10.9 Å². The lowest BCUT2D eigenvalue weighted by atomic mass is 10.1. The summed E-state index contributed by atoms with van der Waals surface area (Å²) in [5, 5.41) is 2.12. The second-order valence-corrected chi connectivity index (χ2v) is 4.88. The zero-order valence-electron chi connectivity index (χ0n) is 9.71. The maximum Gasteiger partial charge on any atom is 0.155 e. The average Bonchev–Trinajstić information content (AvgIpc) is 2.70. The van der Waals surface area contributed by atoms with Gasteiger partial charge in [-0.2, -0.15) is 0 Å². The van der Waals surface area contributed by atoms with Crippen LogP contribution in [-0.2, 0) is 4.79 Å². The predicted molar refractivity (Wildman–Crippen MR) is 72.0 cm³/mol. The monoisotopic (exact) mass is 269 g/mol. The van der Waals surface area contributed by atoms with Gasteiger partial charge in [-0.25, -0.2) is 0 Å². The van der Waals surface area contributed by atoms with Gasteiger partial charge in [-0.3, -0.25) is 4.79 Å². The zero-order valence-corrected chi connectivity index (χ0v) is 11.2. The van der Waals surface area contributed by atoms with E-state index in [-0.39, 0.29) is 11.8 Å². The van der Waals surface area contributed by atoms with Crippen molar-refractivity contribution in [3.63, 3.8) is 0 Å². The van der Waals surface area contributed by atoms with Gasteiger partial charge < -0.3 is 4.57 Å². The molecule has 0 amide bonds. The standard InChI is InChI=1S/C13H13Cl2NO/c1-3-13(17)8(2)16-5-4-10-11(15)6-9(14)7-12(10)16/h4-8H,3H2,1-2H3. The van der Waals surface area contributed by atoms with Crippen molar-refractivity contribution in [2.24, 2.45) is 0 Å². The Morgan fingerprint density at radius 3 is 2.76 bits per heavy atom.